The van der Waals surface area contributed by atoms with Gasteiger partial charge in [-0.05, 0) is 75.3 Å². The van der Waals surface area contributed by atoms with E-state index in [0.717, 1.165) is 36.2 Å². The molecule has 3 aromatic heterocycles. The number of fused-ring (bicyclic) bond motifs is 2. The fourth-order valence-corrected chi connectivity index (χ4v) is 7.51. The molecule has 45 heavy (non-hydrogen) atoms. The monoisotopic (exact) mass is 650 g/mol. The van der Waals surface area contributed by atoms with Gasteiger partial charge in [0, 0.05) is 37.3 Å². The number of benzene rings is 1. The lowest BCUT2D eigenvalue weighted by Crippen LogP contribution is -2.32. The highest BCUT2D eigenvalue weighted by molar-refractivity contribution is 7.89. The quantitative estimate of drug-likeness (QED) is 0.272. The van der Waals surface area contributed by atoms with Crippen LogP contribution in [0.3, 0.4) is 0 Å². The van der Waals surface area contributed by atoms with Crippen molar-refractivity contribution < 1.29 is 13.2 Å². The Hall–Kier alpha value is -3.97. The lowest BCUT2D eigenvalue weighted by molar-refractivity contribution is 0.0977. The highest BCUT2D eigenvalue weighted by atomic mass is 35.5. The molecule has 3 fully saturated rings. The Morgan fingerprint density at radius 1 is 1.09 bits per heavy atom. The SMILES string of the molecule is Cc1cc([C@@H](C)Nc2ccc(Cl)nc2C(=O)NS(C)(=O)=O)c2nc(N3C[C@@H]4C(c5cc(C)nn5C5CC5)[C@@H]4C3)n(C)c(=O)c2c1. The third-order valence-corrected chi connectivity index (χ3v) is 9.89. The molecule has 0 radical (unpaired) electrons. The fourth-order valence-electron chi connectivity index (χ4n) is 6.93. The Bertz CT molecular complexity index is 2040. The molecule has 12 nitrogen and oxygen atoms in total. The number of rotatable bonds is 8. The molecule has 2 saturated carbocycles. The highest BCUT2D eigenvalue weighted by Crippen LogP contribution is 2.59. The van der Waals surface area contributed by atoms with E-state index in [2.05, 4.69) is 32.9 Å². The maximum atomic E-state index is 13.7. The van der Waals surface area contributed by atoms with Crippen molar-refractivity contribution in [2.75, 3.05) is 29.6 Å². The molecule has 4 atom stereocenters. The van der Waals surface area contributed by atoms with Gasteiger partial charge in [-0.15, -0.1) is 0 Å². The zero-order valence-electron chi connectivity index (χ0n) is 25.7. The van der Waals surface area contributed by atoms with Crippen molar-refractivity contribution in [3.8, 4) is 0 Å². The first-order valence-corrected chi connectivity index (χ1v) is 17.3. The molecule has 3 aliphatic rings. The van der Waals surface area contributed by atoms with E-state index < -0.39 is 22.0 Å². The van der Waals surface area contributed by atoms with Gasteiger partial charge in [0.2, 0.25) is 16.0 Å². The number of sulfonamides is 1. The maximum absolute atomic E-state index is 13.7. The maximum Gasteiger partial charge on any atom is 0.285 e. The molecule has 4 aromatic rings. The molecular weight excluding hydrogens is 616 g/mol. The standard InChI is InChI=1S/C31H35ClN8O4S/c1-15-10-19(17(3)33-23-8-9-25(32)34-28(23)29(41)37-45(5,43)44)27-20(11-15)30(42)38(4)31(35-27)39-13-21-22(14-39)26(21)24-12-16(2)36-40(24)18-6-7-18/h8-12,17-18,21-22,26,33H,6-7,13-14H2,1-5H3,(H,37,41)/t17-,21-,22+,26?/m1/s1. The third kappa shape index (κ3) is 5.45. The van der Waals surface area contributed by atoms with E-state index >= 15 is 0 Å². The Morgan fingerprint density at radius 2 is 1.80 bits per heavy atom. The van der Waals surface area contributed by atoms with Crippen LogP contribution in [0.2, 0.25) is 5.15 Å². The summed E-state index contributed by atoms with van der Waals surface area (Å²) in [5, 5.41) is 8.59. The number of piperidine rings is 1. The van der Waals surface area contributed by atoms with Crippen LogP contribution in [-0.4, -0.2) is 58.0 Å². The van der Waals surface area contributed by atoms with E-state index in [1.807, 2.05) is 30.7 Å². The number of aryl methyl sites for hydroxylation is 2. The van der Waals surface area contributed by atoms with Crippen LogP contribution in [0.1, 0.15) is 70.8 Å². The van der Waals surface area contributed by atoms with E-state index in [1.165, 1.54) is 24.6 Å². The summed E-state index contributed by atoms with van der Waals surface area (Å²) in [6.07, 6.45) is 3.29. The summed E-state index contributed by atoms with van der Waals surface area (Å²) < 4.78 is 29.3. The molecule has 236 valence electrons. The van der Waals surface area contributed by atoms with Gasteiger partial charge in [0.05, 0.1) is 40.6 Å². The second-order valence-corrected chi connectivity index (χ2v) is 14.9. The minimum absolute atomic E-state index is 0.0423. The van der Waals surface area contributed by atoms with Gasteiger partial charge in [0.1, 0.15) is 5.15 Å². The van der Waals surface area contributed by atoms with Gasteiger partial charge in [-0.3, -0.25) is 18.8 Å². The number of aromatic nitrogens is 5. The summed E-state index contributed by atoms with van der Waals surface area (Å²) >= 11 is 6.05. The van der Waals surface area contributed by atoms with Crippen LogP contribution in [0, 0.1) is 25.7 Å². The molecule has 4 heterocycles. The molecule has 0 spiro atoms. The van der Waals surface area contributed by atoms with E-state index in [4.69, 9.17) is 21.7 Å². The van der Waals surface area contributed by atoms with Crippen molar-refractivity contribution in [2.45, 2.75) is 51.6 Å². The Balaban J connectivity index is 1.19. The molecular formula is C31H35ClN8O4S. The zero-order valence-corrected chi connectivity index (χ0v) is 27.3. The van der Waals surface area contributed by atoms with Crippen molar-refractivity contribution in [2.24, 2.45) is 18.9 Å². The van der Waals surface area contributed by atoms with Crippen LogP contribution in [-0.2, 0) is 17.1 Å². The summed E-state index contributed by atoms with van der Waals surface area (Å²) in [6, 6.07) is 9.25. The van der Waals surface area contributed by atoms with E-state index in [9.17, 15) is 18.0 Å². The van der Waals surface area contributed by atoms with Crippen LogP contribution in [0.25, 0.3) is 10.9 Å². The molecule has 1 aromatic carbocycles. The molecule has 1 aliphatic heterocycles. The Kier molecular flexibility index (Phi) is 6.97. The Morgan fingerprint density at radius 3 is 2.47 bits per heavy atom. The first-order valence-electron chi connectivity index (χ1n) is 15.1. The van der Waals surface area contributed by atoms with E-state index in [1.54, 1.807) is 17.7 Å². The predicted octanol–water partition coefficient (Wildman–Crippen LogP) is 3.84. The van der Waals surface area contributed by atoms with Crippen molar-refractivity contribution in [1.82, 2.24) is 29.0 Å². The molecule has 2 aliphatic carbocycles. The van der Waals surface area contributed by atoms with Gasteiger partial charge >= 0.3 is 0 Å². The first-order chi connectivity index (χ1) is 21.3. The van der Waals surface area contributed by atoms with Gasteiger partial charge < -0.3 is 10.2 Å². The number of nitrogens with one attached hydrogen (secondary N) is 2. The fraction of sp³-hybridized carbons (Fsp3) is 0.452. The van der Waals surface area contributed by atoms with Crippen LogP contribution in [0.4, 0.5) is 11.6 Å². The Labute approximate surface area is 265 Å². The number of carbonyl (C=O) groups is 1. The van der Waals surface area contributed by atoms with Crippen LogP contribution in [0.5, 0.6) is 0 Å². The minimum atomic E-state index is -3.83. The van der Waals surface area contributed by atoms with Crippen molar-refractivity contribution in [3.63, 3.8) is 0 Å². The van der Waals surface area contributed by atoms with Crippen LogP contribution in [0.15, 0.2) is 35.1 Å². The lowest BCUT2D eigenvalue weighted by Gasteiger charge is -2.25. The van der Waals surface area contributed by atoms with Gasteiger partial charge in [-0.1, -0.05) is 17.7 Å². The lowest BCUT2D eigenvalue weighted by atomic mass is 10.0. The zero-order chi connectivity index (χ0) is 31.9. The highest BCUT2D eigenvalue weighted by Gasteiger charge is 2.58. The third-order valence-electron chi connectivity index (χ3n) is 9.12. The molecule has 1 saturated heterocycles. The summed E-state index contributed by atoms with van der Waals surface area (Å²) in [6.45, 7) is 7.51. The number of nitrogens with zero attached hydrogens (tertiary/aromatic N) is 6. The first kappa shape index (κ1) is 29.7. The number of anilines is 2. The van der Waals surface area contributed by atoms with Gasteiger partial charge in [-0.2, -0.15) is 5.10 Å². The van der Waals surface area contributed by atoms with Crippen LogP contribution < -0.4 is 20.5 Å². The summed E-state index contributed by atoms with van der Waals surface area (Å²) in [5.41, 5.74) is 4.64. The van der Waals surface area contributed by atoms with Crippen LogP contribution >= 0.6 is 11.6 Å². The number of halogens is 1. The van der Waals surface area contributed by atoms with Gasteiger partial charge in [-0.25, -0.2) is 23.1 Å². The number of hydrogen-bond acceptors (Lipinski definition) is 9. The summed E-state index contributed by atoms with van der Waals surface area (Å²) in [4.78, 5) is 37.9. The largest absolute Gasteiger partial charge is 0.377 e. The number of amides is 1. The smallest absolute Gasteiger partial charge is 0.285 e. The predicted molar refractivity (Wildman–Crippen MR) is 172 cm³/mol. The number of hydrogen-bond donors (Lipinski definition) is 2. The second-order valence-electron chi connectivity index (χ2n) is 12.8. The molecule has 1 unspecified atom stereocenters. The minimum Gasteiger partial charge on any atom is -0.377 e. The molecule has 0 bridgehead atoms. The number of carbonyl (C=O) groups excluding carboxylic acids is 1. The molecule has 2 N–H and O–H groups in total. The van der Waals surface area contributed by atoms with E-state index in [-0.39, 0.29) is 22.1 Å². The molecule has 1 amide bonds. The summed E-state index contributed by atoms with van der Waals surface area (Å²) in [7, 11) is -2.06. The summed E-state index contributed by atoms with van der Waals surface area (Å²) in [5.74, 6) is 1.21. The second kappa shape index (κ2) is 10.5. The van der Waals surface area contributed by atoms with Crippen molar-refractivity contribution in [3.05, 3.63) is 74.0 Å². The van der Waals surface area contributed by atoms with Gasteiger partial charge in [0.15, 0.2) is 5.69 Å². The average molecular weight is 651 g/mol. The molecule has 14 heteroatoms. The van der Waals surface area contributed by atoms with Crippen molar-refractivity contribution in [1.29, 1.82) is 0 Å². The number of pyridine rings is 1. The topological polar surface area (TPSA) is 144 Å². The normalized spacial score (nSPS) is 21.6. The molecule has 7 rings (SSSR count). The van der Waals surface area contributed by atoms with Crippen molar-refractivity contribution >= 4 is 50.1 Å². The van der Waals surface area contributed by atoms with E-state index in [0.29, 0.717) is 40.6 Å². The van der Waals surface area contributed by atoms with Gasteiger partial charge in [0.25, 0.3) is 11.5 Å². The average Bonchev–Trinajstić information content (AvgIpc) is 3.85.